The van der Waals surface area contributed by atoms with Crippen LogP contribution in [0.5, 0.6) is 5.75 Å². The first-order valence-corrected chi connectivity index (χ1v) is 6.14. The molecule has 0 bridgehead atoms. The van der Waals surface area contributed by atoms with Gasteiger partial charge in [0, 0.05) is 29.2 Å². The Bertz CT molecular complexity index is 530. The van der Waals surface area contributed by atoms with E-state index in [0.29, 0.717) is 24.9 Å². The average molecular weight is 313 g/mol. The minimum atomic E-state index is 0.332. The van der Waals surface area contributed by atoms with Gasteiger partial charge in [-0.05, 0) is 12.1 Å². The number of nitrogens with zero attached hydrogens (tertiary/aromatic N) is 2. The van der Waals surface area contributed by atoms with Gasteiger partial charge in [0.2, 0.25) is 5.89 Å². The SMILES string of the molecule is COc1cc(Br)cc(Nc2nnc(CCN)o2)c1. The van der Waals surface area contributed by atoms with Crippen LogP contribution in [0.1, 0.15) is 5.89 Å². The number of nitrogens with two attached hydrogens (primary N) is 1. The number of rotatable bonds is 5. The first-order chi connectivity index (χ1) is 8.71. The number of halogens is 1. The van der Waals surface area contributed by atoms with E-state index in [1.807, 2.05) is 18.2 Å². The molecule has 0 saturated heterocycles. The summed E-state index contributed by atoms with van der Waals surface area (Å²) < 4.78 is 11.4. The molecule has 0 amide bonds. The van der Waals surface area contributed by atoms with Gasteiger partial charge in [0.1, 0.15) is 5.75 Å². The minimum absolute atomic E-state index is 0.332. The van der Waals surface area contributed by atoms with Crippen molar-refractivity contribution in [3.05, 3.63) is 28.6 Å². The van der Waals surface area contributed by atoms with Crippen molar-refractivity contribution in [3.8, 4) is 5.75 Å². The Morgan fingerprint density at radius 3 is 2.94 bits per heavy atom. The van der Waals surface area contributed by atoms with Gasteiger partial charge in [0.25, 0.3) is 0 Å². The highest BCUT2D eigenvalue weighted by atomic mass is 79.9. The molecule has 1 aromatic heterocycles. The third kappa shape index (κ3) is 3.21. The summed E-state index contributed by atoms with van der Waals surface area (Å²) in [7, 11) is 1.61. The van der Waals surface area contributed by atoms with Gasteiger partial charge in [-0.25, -0.2) is 0 Å². The summed E-state index contributed by atoms with van der Waals surface area (Å²) in [6, 6.07) is 5.91. The van der Waals surface area contributed by atoms with E-state index in [9.17, 15) is 0 Å². The second-order valence-corrected chi connectivity index (χ2v) is 4.46. The van der Waals surface area contributed by atoms with Gasteiger partial charge < -0.3 is 20.2 Å². The van der Waals surface area contributed by atoms with E-state index in [2.05, 4.69) is 31.4 Å². The fourth-order valence-corrected chi connectivity index (χ4v) is 1.88. The summed E-state index contributed by atoms with van der Waals surface area (Å²) in [4.78, 5) is 0. The number of anilines is 2. The quantitative estimate of drug-likeness (QED) is 0.879. The minimum Gasteiger partial charge on any atom is -0.497 e. The van der Waals surface area contributed by atoms with E-state index in [0.717, 1.165) is 15.9 Å². The zero-order valence-electron chi connectivity index (χ0n) is 9.81. The lowest BCUT2D eigenvalue weighted by Crippen LogP contribution is -2.02. The molecule has 0 fully saturated rings. The Morgan fingerprint density at radius 1 is 1.39 bits per heavy atom. The lowest BCUT2D eigenvalue weighted by molar-refractivity contribution is 0.414. The van der Waals surface area contributed by atoms with Crippen molar-refractivity contribution in [2.75, 3.05) is 19.0 Å². The highest BCUT2D eigenvalue weighted by molar-refractivity contribution is 9.10. The molecule has 2 aromatic rings. The zero-order valence-corrected chi connectivity index (χ0v) is 11.4. The molecule has 0 saturated carbocycles. The third-order valence-corrected chi connectivity index (χ3v) is 2.64. The number of methoxy groups -OCH3 is 1. The van der Waals surface area contributed by atoms with Crippen LogP contribution in [0.25, 0.3) is 0 Å². The molecule has 3 N–H and O–H groups in total. The monoisotopic (exact) mass is 312 g/mol. The molecule has 0 spiro atoms. The summed E-state index contributed by atoms with van der Waals surface area (Å²) in [6.07, 6.45) is 0.566. The van der Waals surface area contributed by atoms with E-state index >= 15 is 0 Å². The van der Waals surface area contributed by atoms with Crippen LogP contribution in [0.3, 0.4) is 0 Å². The first kappa shape index (κ1) is 12.8. The van der Waals surface area contributed by atoms with Gasteiger partial charge in [0.15, 0.2) is 0 Å². The fraction of sp³-hybridized carbons (Fsp3) is 0.273. The topological polar surface area (TPSA) is 86.2 Å². The van der Waals surface area contributed by atoms with Crippen molar-refractivity contribution in [2.24, 2.45) is 5.73 Å². The van der Waals surface area contributed by atoms with E-state index in [1.54, 1.807) is 7.11 Å². The first-order valence-electron chi connectivity index (χ1n) is 5.35. The lowest BCUT2D eigenvalue weighted by atomic mass is 10.3. The predicted octanol–water partition coefficient (Wildman–Crippen LogP) is 2.09. The van der Waals surface area contributed by atoms with Crippen LogP contribution in [0.4, 0.5) is 11.7 Å². The third-order valence-electron chi connectivity index (χ3n) is 2.18. The molecular formula is C11H13BrN4O2. The standard InChI is InChI=1S/C11H13BrN4O2/c1-17-9-5-7(12)4-8(6-9)14-11-16-15-10(18-11)2-3-13/h4-6H,2-3,13H2,1H3,(H,14,16). The number of aromatic nitrogens is 2. The molecule has 2 rings (SSSR count). The Kier molecular flexibility index (Phi) is 4.16. The largest absolute Gasteiger partial charge is 0.497 e. The normalized spacial score (nSPS) is 10.4. The number of hydrogen-bond acceptors (Lipinski definition) is 6. The van der Waals surface area contributed by atoms with Gasteiger partial charge >= 0.3 is 6.01 Å². The number of nitrogens with one attached hydrogen (secondary N) is 1. The summed E-state index contributed by atoms with van der Waals surface area (Å²) >= 11 is 3.39. The molecule has 0 atom stereocenters. The van der Waals surface area contributed by atoms with E-state index in [1.165, 1.54) is 0 Å². The summed E-state index contributed by atoms with van der Waals surface area (Å²) in [5, 5.41) is 10.7. The van der Waals surface area contributed by atoms with Crippen molar-refractivity contribution in [2.45, 2.75) is 6.42 Å². The zero-order chi connectivity index (χ0) is 13.0. The maximum Gasteiger partial charge on any atom is 0.320 e. The Hall–Kier alpha value is -1.60. The van der Waals surface area contributed by atoms with Crippen LogP contribution in [0.2, 0.25) is 0 Å². The second kappa shape index (κ2) is 5.83. The van der Waals surface area contributed by atoms with Crippen molar-refractivity contribution >= 4 is 27.6 Å². The van der Waals surface area contributed by atoms with Crippen LogP contribution in [-0.4, -0.2) is 23.9 Å². The molecule has 0 radical (unpaired) electrons. The number of ether oxygens (including phenoxy) is 1. The molecule has 0 aliphatic carbocycles. The van der Waals surface area contributed by atoms with E-state index in [-0.39, 0.29) is 0 Å². The van der Waals surface area contributed by atoms with Gasteiger partial charge in [-0.15, -0.1) is 5.10 Å². The van der Waals surface area contributed by atoms with Crippen molar-refractivity contribution < 1.29 is 9.15 Å². The maximum absolute atomic E-state index is 5.41. The highest BCUT2D eigenvalue weighted by Crippen LogP contribution is 2.26. The van der Waals surface area contributed by atoms with Crippen LogP contribution in [-0.2, 0) is 6.42 Å². The van der Waals surface area contributed by atoms with E-state index in [4.69, 9.17) is 14.9 Å². The predicted molar refractivity (Wildman–Crippen MR) is 71.0 cm³/mol. The smallest absolute Gasteiger partial charge is 0.320 e. The van der Waals surface area contributed by atoms with Gasteiger partial charge in [-0.1, -0.05) is 21.0 Å². The van der Waals surface area contributed by atoms with Crippen LogP contribution in [0, 0.1) is 0 Å². The molecule has 0 aliphatic heterocycles. The summed E-state index contributed by atoms with van der Waals surface area (Å²) in [5.74, 6) is 1.25. The average Bonchev–Trinajstić information content (AvgIpc) is 2.76. The highest BCUT2D eigenvalue weighted by Gasteiger charge is 2.06. The molecule has 96 valence electrons. The molecule has 0 unspecified atom stereocenters. The summed E-state index contributed by atoms with van der Waals surface area (Å²) in [6.45, 7) is 0.479. The molecule has 0 aliphatic rings. The van der Waals surface area contributed by atoms with E-state index < -0.39 is 0 Å². The molecule has 1 aromatic carbocycles. The molecule has 6 nitrogen and oxygen atoms in total. The molecule has 7 heteroatoms. The number of hydrogen-bond donors (Lipinski definition) is 2. The summed E-state index contributed by atoms with van der Waals surface area (Å²) in [5.41, 5.74) is 6.20. The molecular weight excluding hydrogens is 300 g/mol. The second-order valence-electron chi connectivity index (χ2n) is 3.54. The Balaban J connectivity index is 2.14. The van der Waals surface area contributed by atoms with Crippen molar-refractivity contribution in [3.63, 3.8) is 0 Å². The van der Waals surface area contributed by atoms with Crippen LogP contribution >= 0.6 is 15.9 Å². The Morgan fingerprint density at radius 2 is 2.22 bits per heavy atom. The maximum atomic E-state index is 5.41. The molecule has 18 heavy (non-hydrogen) atoms. The Labute approximate surface area is 113 Å². The molecule has 1 heterocycles. The van der Waals surface area contributed by atoms with Crippen LogP contribution < -0.4 is 15.8 Å². The van der Waals surface area contributed by atoms with Crippen LogP contribution in [0.15, 0.2) is 27.1 Å². The number of benzene rings is 1. The van der Waals surface area contributed by atoms with Crippen molar-refractivity contribution in [1.82, 2.24) is 10.2 Å². The fourth-order valence-electron chi connectivity index (χ4n) is 1.40. The van der Waals surface area contributed by atoms with Gasteiger partial charge in [-0.3, -0.25) is 0 Å². The lowest BCUT2D eigenvalue weighted by Gasteiger charge is -2.05. The van der Waals surface area contributed by atoms with Gasteiger partial charge in [-0.2, -0.15) is 0 Å². The van der Waals surface area contributed by atoms with Gasteiger partial charge in [0.05, 0.1) is 7.11 Å². The van der Waals surface area contributed by atoms with Crippen molar-refractivity contribution in [1.29, 1.82) is 0 Å².